The molecular formula is C28H37N3. The van der Waals surface area contributed by atoms with E-state index in [9.17, 15) is 0 Å². The summed E-state index contributed by atoms with van der Waals surface area (Å²) in [6.07, 6.45) is 3.21. The number of benzene rings is 3. The zero-order valence-electron chi connectivity index (χ0n) is 19.3. The molecule has 0 heterocycles. The maximum absolute atomic E-state index is 5.62. The fourth-order valence-electron chi connectivity index (χ4n) is 3.93. The number of aryl methyl sites for hydroxylation is 3. The smallest absolute Gasteiger partial charge is 0.0592 e. The van der Waals surface area contributed by atoms with E-state index in [0.717, 1.165) is 38.9 Å². The van der Waals surface area contributed by atoms with Gasteiger partial charge in [0.25, 0.3) is 0 Å². The van der Waals surface area contributed by atoms with Crippen LogP contribution < -0.4 is 16.0 Å². The lowest BCUT2D eigenvalue weighted by Gasteiger charge is -2.35. The Morgan fingerprint density at radius 1 is 0.677 bits per heavy atom. The van der Waals surface area contributed by atoms with E-state index in [1.54, 1.807) is 0 Å². The molecule has 164 valence electrons. The monoisotopic (exact) mass is 415 g/mol. The van der Waals surface area contributed by atoms with Crippen molar-refractivity contribution in [2.45, 2.75) is 46.1 Å². The summed E-state index contributed by atoms with van der Waals surface area (Å²) in [7, 11) is 0. The highest BCUT2D eigenvalue weighted by molar-refractivity contribution is 5.65. The fraction of sp³-hybridized carbons (Fsp3) is 0.357. The Labute approximate surface area is 188 Å². The van der Waals surface area contributed by atoms with Gasteiger partial charge in [-0.15, -0.1) is 0 Å². The van der Waals surface area contributed by atoms with E-state index >= 15 is 0 Å². The van der Waals surface area contributed by atoms with Crippen molar-refractivity contribution in [3.05, 3.63) is 95.1 Å². The molecule has 0 aromatic heterocycles. The first-order valence-corrected chi connectivity index (χ1v) is 11.5. The molecule has 0 fully saturated rings. The van der Waals surface area contributed by atoms with Gasteiger partial charge in [-0.3, -0.25) is 0 Å². The molecule has 31 heavy (non-hydrogen) atoms. The first kappa shape index (κ1) is 23.1. The van der Waals surface area contributed by atoms with Gasteiger partial charge in [-0.05, 0) is 89.5 Å². The molecule has 0 aliphatic heterocycles. The molecular weight excluding hydrogens is 378 g/mol. The summed E-state index contributed by atoms with van der Waals surface area (Å²) in [4.78, 5) is 2.50. The van der Waals surface area contributed by atoms with Gasteiger partial charge in [0.1, 0.15) is 0 Å². The Morgan fingerprint density at radius 3 is 1.61 bits per heavy atom. The largest absolute Gasteiger partial charge is 0.334 e. The lowest BCUT2D eigenvalue weighted by Crippen LogP contribution is -2.26. The van der Waals surface area contributed by atoms with Crippen LogP contribution in [0.1, 0.15) is 47.6 Å². The van der Waals surface area contributed by atoms with Crippen LogP contribution in [0, 0.1) is 20.8 Å². The number of anilines is 2. The first-order chi connectivity index (χ1) is 15.1. The Hall–Kier alpha value is -2.62. The highest BCUT2D eigenvalue weighted by Crippen LogP contribution is 2.38. The quantitative estimate of drug-likeness (QED) is 0.366. The van der Waals surface area contributed by atoms with Crippen LogP contribution in [-0.2, 0) is 0 Å². The number of hydrogen-bond donors (Lipinski definition) is 2. The number of nitrogens with one attached hydrogen (secondary N) is 1. The number of hydrogen-bond acceptors (Lipinski definition) is 3. The van der Waals surface area contributed by atoms with Gasteiger partial charge in [-0.1, -0.05) is 65.2 Å². The predicted molar refractivity (Wildman–Crippen MR) is 134 cm³/mol. The predicted octanol–water partition coefficient (Wildman–Crippen LogP) is 6.21. The highest BCUT2D eigenvalue weighted by atomic mass is 15.2. The van der Waals surface area contributed by atoms with Gasteiger partial charge in [0.15, 0.2) is 0 Å². The van der Waals surface area contributed by atoms with Crippen LogP contribution in [0.15, 0.2) is 72.8 Å². The number of nitrogens with zero attached hydrogens (tertiary/aromatic N) is 1. The number of nitrogens with two attached hydrogens (primary N) is 1. The first-order valence-electron chi connectivity index (χ1n) is 11.5. The minimum absolute atomic E-state index is 0.266. The van der Waals surface area contributed by atoms with Gasteiger partial charge in [0, 0.05) is 11.4 Å². The average Bonchev–Trinajstić information content (AvgIpc) is 2.78. The van der Waals surface area contributed by atoms with E-state index in [1.165, 1.54) is 33.6 Å². The molecule has 0 spiro atoms. The van der Waals surface area contributed by atoms with Gasteiger partial charge < -0.3 is 16.0 Å². The minimum Gasteiger partial charge on any atom is -0.334 e. The minimum atomic E-state index is 0.266. The van der Waals surface area contributed by atoms with E-state index < -0.39 is 0 Å². The molecule has 0 aliphatic rings. The lowest BCUT2D eigenvalue weighted by molar-refractivity contribution is 0.553. The van der Waals surface area contributed by atoms with Crippen molar-refractivity contribution in [1.82, 2.24) is 5.32 Å². The van der Waals surface area contributed by atoms with Crippen molar-refractivity contribution in [2.75, 3.05) is 24.5 Å². The fourth-order valence-corrected chi connectivity index (χ4v) is 3.93. The molecule has 1 unspecified atom stereocenters. The van der Waals surface area contributed by atoms with Crippen molar-refractivity contribution in [2.24, 2.45) is 5.73 Å². The molecule has 0 aliphatic carbocycles. The summed E-state index contributed by atoms with van der Waals surface area (Å²) < 4.78 is 0. The SMILES string of the molecule is Cc1ccc(C(CCCNCCCN)N(c2ccc(C)cc2)c2ccc(C)cc2)cc1. The van der Waals surface area contributed by atoms with Crippen LogP contribution in [0.25, 0.3) is 0 Å². The normalized spacial score (nSPS) is 12.0. The zero-order valence-corrected chi connectivity index (χ0v) is 19.3. The van der Waals surface area contributed by atoms with Crippen LogP contribution in [0.2, 0.25) is 0 Å². The third-order valence-corrected chi connectivity index (χ3v) is 5.79. The molecule has 0 saturated heterocycles. The van der Waals surface area contributed by atoms with Gasteiger partial charge >= 0.3 is 0 Å². The van der Waals surface area contributed by atoms with E-state index in [2.05, 4.69) is 104 Å². The van der Waals surface area contributed by atoms with Gasteiger partial charge in [0.2, 0.25) is 0 Å². The molecule has 0 amide bonds. The second-order valence-corrected chi connectivity index (χ2v) is 8.50. The summed E-state index contributed by atoms with van der Waals surface area (Å²) in [5, 5.41) is 3.54. The van der Waals surface area contributed by atoms with Crippen LogP contribution in [-0.4, -0.2) is 19.6 Å². The molecule has 3 heteroatoms. The van der Waals surface area contributed by atoms with Gasteiger partial charge in [-0.2, -0.15) is 0 Å². The summed E-state index contributed by atoms with van der Waals surface area (Å²) in [5.41, 5.74) is 13.3. The van der Waals surface area contributed by atoms with Crippen LogP contribution in [0.3, 0.4) is 0 Å². The molecule has 1 atom stereocenters. The van der Waals surface area contributed by atoms with E-state index in [-0.39, 0.29) is 6.04 Å². The molecule has 3 aromatic carbocycles. The maximum atomic E-state index is 5.62. The van der Waals surface area contributed by atoms with Gasteiger partial charge in [0.05, 0.1) is 6.04 Å². The van der Waals surface area contributed by atoms with Gasteiger partial charge in [-0.25, -0.2) is 0 Å². The molecule has 3 aromatic rings. The van der Waals surface area contributed by atoms with Crippen molar-refractivity contribution in [3.8, 4) is 0 Å². The topological polar surface area (TPSA) is 41.3 Å². The Bertz CT molecular complexity index is 853. The highest BCUT2D eigenvalue weighted by Gasteiger charge is 2.22. The van der Waals surface area contributed by atoms with E-state index in [0.29, 0.717) is 0 Å². The third kappa shape index (κ3) is 6.68. The third-order valence-electron chi connectivity index (χ3n) is 5.79. The van der Waals surface area contributed by atoms with E-state index in [4.69, 9.17) is 5.73 Å². The molecule has 0 bridgehead atoms. The van der Waals surface area contributed by atoms with Crippen molar-refractivity contribution in [3.63, 3.8) is 0 Å². The molecule has 3 nitrogen and oxygen atoms in total. The average molecular weight is 416 g/mol. The van der Waals surface area contributed by atoms with Crippen molar-refractivity contribution < 1.29 is 0 Å². The lowest BCUT2D eigenvalue weighted by atomic mass is 9.97. The van der Waals surface area contributed by atoms with Crippen molar-refractivity contribution >= 4 is 11.4 Å². The second kappa shape index (κ2) is 11.7. The van der Waals surface area contributed by atoms with Crippen LogP contribution in [0.4, 0.5) is 11.4 Å². The summed E-state index contributed by atoms with van der Waals surface area (Å²) >= 11 is 0. The standard InChI is InChI=1S/C28H37N3/c1-22-7-13-25(14-8-22)28(6-4-20-30-21-5-19-29)31(26-15-9-23(2)10-16-26)27-17-11-24(3)12-18-27/h7-18,28,30H,4-6,19-21,29H2,1-3H3. The van der Waals surface area contributed by atoms with Crippen LogP contribution >= 0.6 is 0 Å². The summed E-state index contributed by atoms with van der Waals surface area (Å²) in [6.45, 7) is 9.18. The molecule has 3 N–H and O–H groups in total. The molecule has 0 radical (unpaired) electrons. The summed E-state index contributed by atoms with van der Waals surface area (Å²) in [5.74, 6) is 0. The molecule has 0 saturated carbocycles. The van der Waals surface area contributed by atoms with Crippen LogP contribution in [0.5, 0.6) is 0 Å². The Morgan fingerprint density at radius 2 is 1.13 bits per heavy atom. The molecule has 3 rings (SSSR count). The number of rotatable bonds is 11. The zero-order chi connectivity index (χ0) is 22.1. The Balaban J connectivity index is 1.93. The maximum Gasteiger partial charge on any atom is 0.0592 e. The second-order valence-electron chi connectivity index (χ2n) is 8.50. The van der Waals surface area contributed by atoms with Crippen molar-refractivity contribution in [1.29, 1.82) is 0 Å². The van der Waals surface area contributed by atoms with E-state index in [1.807, 2.05) is 0 Å². The Kier molecular flexibility index (Phi) is 8.69. The summed E-state index contributed by atoms with van der Waals surface area (Å²) in [6, 6.07) is 27.1.